The molecular weight excluding hydrogens is 358 g/mol. The quantitative estimate of drug-likeness (QED) is 0.708. The minimum atomic E-state index is -0.238. The van der Waals surface area contributed by atoms with Crippen LogP contribution in [0.1, 0.15) is 5.01 Å². The van der Waals surface area contributed by atoms with Crippen LogP contribution in [0.5, 0.6) is 11.5 Å². The van der Waals surface area contributed by atoms with Crippen LogP contribution in [-0.2, 0) is 4.79 Å². The number of carbonyl (C=O) groups excluding carboxylic acids is 1. The number of nitrogens with zero attached hydrogens (tertiary/aromatic N) is 2. The van der Waals surface area contributed by atoms with Gasteiger partial charge in [0.25, 0.3) is 0 Å². The molecule has 1 amide bonds. The molecule has 0 fully saturated rings. The van der Waals surface area contributed by atoms with Crippen LogP contribution in [0.4, 0.5) is 5.13 Å². The van der Waals surface area contributed by atoms with E-state index in [1.54, 1.807) is 12.3 Å². The second-order valence-electron chi connectivity index (χ2n) is 5.09. The number of amides is 1. The molecule has 8 heteroatoms. The highest BCUT2D eigenvalue weighted by molar-refractivity contribution is 7.14. The van der Waals surface area contributed by atoms with Crippen LogP contribution in [0.25, 0.3) is 17.3 Å². The van der Waals surface area contributed by atoms with Crippen LogP contribution in [0, 0.1) is 0 Å². The van der Waals surface area contributed by atoms with Gasteiger partial charge >= 0.3 is 0 Å². The zero-order valence-corrected chi connectivity index (χ0v) is 14.6. The topological polar surface area (TPSA) is 73.3 Å². The summed E-state index contributed by atoms with van der Waals surface area (Å²) in [5, 5.41) is 7.84. The van der Waals surface area contributed by atoms with Crippen LogP contribution >= 0.6 is 22.7 Å². The second-order valence-corrected chi connectivity index (χ2v) is 6.87. The molecule has 1 aliphatic heterocycles. The van der Waals surface area contributed by atoms with Gasteiger partial charge in [0.15, 0.2) is 16.6 Å². The summed E-state index contributed by atoms with van der Waals surface area (Å²) in [6.45, 7) is 1.11. The van der Waals surface area contributed by atoms with E-state index in [4.69, 9.17) is 9.47 Å². The molecule has 0 atom stereocenters. The van der Waals surface area contributed by atoms with Gasteiger partial charge in [0.2, 0.25) is 5.91 Å². The average Bonchev–Trinajstić information content (AvgIpc) is 3.31. The monoisotopic (exact) mass is 371 g/mol. The molecule has 0 radical (unpaired) electrons. The highest BCUT2D eigenvalue weighted by Gasteiger charge is 2.14. The maximum Gasteiger partial charge on any atom is 0.250 e. The minimum Gasteiger partial charge on any atom is -0.486 e. The van der Waals surface area contributed by atoms with Crippen LogP contribution < -0.4 is 14.8 Å². The van der Waals surface area contributed by atoms with E-state index < -0.39 is 0 Å². The van der Waals surface area contributed by atoms with Crippen molar-refractivity contribution >= 4 is 39.8 Å². The zero-order chi connectivity index (χ0) is 17.1. The predicted molar refractivity (Wildman–Crippen MR) is 98.3 cm³/mol. The van der Waals surface area contributed by atoms with Crippen molar-refractivity contribution in [3.63, 3.8) is 0 Å². The van der Waals surface area contributed by atoms with Crippen molar-refractivity contribution in [2.75, 3.05) is 18.5 Å². The molecule has 2 aromatic heterocycles. The van der Waals surface area contributed by atoms with Gasteiger partial charge in [-0.05, 0) is 24.3 Å². The number of ether oxygens (including phenoxy) is 2. The van der Waals surface area contributed by atoms with Crippen molar-refractivity contribution in [3.8, 4) is 22.8 Å². The number of benzene rings is 1. The molecule has 4 rings (SSSR count). The predicted octanol–water partition coefficient (Wildman–Crippen LogP) is 3.69. The molecule has 0 unspecified atom stereocenters. The van der Waals surface area contributed by atoms with E-state index in [9.17, 15) is 4.79 Å². The summed E-state index contributed by atoms with van der Waals surface area (Å²) in [7, 11) is 0. The third-order valence-electron chi connectivity index (χ3n) is 3.40. The number of hydrogen-bond donors (Lipinski definition) is 1. The van der Waals surface area contributed by atoms with E-state index in [-0.39, 0.29) is 5.91 Å². The maximum atomic E-state index is 12.0. The van der Waals surface area contributed by atoms with Gasteiger partial charge in [-0.1, -0.05) is 0 Å². The number of hydrogen-bond acceptors (Lipinski definition) is 7. The van der Waals surface area contributed by atoms with Crippen molar-refractivity contribution in [2.45, 2.75) is 0 Å². The average molecular weight is 371 g/mol. The lowest BCUT2D eigenvalue weighted by atomic mass is 10.1. The van der Waals surface area contributed by atoms with E-state index in [0.29, 0.717) is 24.1 Å². The lowest BCUT2D eigenvalue weighted by molar-refractivity contribution is -0.111. The van der Waals surface area contributed by atoms with Gasteiger partial charge in [-0.2, -0.15) is 0 Å². The molecule has 25 heavy (non-hydrogen) atoms. The van der Waals surface area contributed by atoms with Crippen molar-refractivity contribution in [1.82, 2.24) is 9.97 Å². The van der Waals surface area contributed by atoms with Gasteiger partial charge < -0.3 is 9.47 Å². The highest BCUT2D eigenvalue weighted by atomic mass is 32.1. The third-order valence-corrected chi connectivity index (χ3v) is 4.90. The number of carbonyl (C=O) groups is 1. The summed E-state index contributed by atoms with van der Waals surface area (Å²) >= 11 is 2.84. The SMILES string of the molecule is O=C(/C=C/c1nccs1)Nc1nc(-c2ccc3c(c2)OCCO3)cs1. The largest absolute Gasteiger partial charge is 0.486 e. The second kappa shape index (κ2) is 7.04. The van der Waals surface area contributed by atoms with E-state index in [1.807, 2.05) is 29.0 Å². The molecule has 0 saturated carbocycles. The molecular formula is C17H13N3O3S2. The standard InChI is InChI=1S/C17H13N3O3S2/c21-15(3-4-16-18-5-8-24-16)20-17-19-12(10-25-17)11-1-2-13-14(9-11)23-7-6-22-13/h1-5,8-10H,6-7H2,(H,19,20,21)/b4-3+. The first-order valence-corrected chi connectivity index (χ1v) is 9.28. The number of thiazole rings is 2. The third kappa shape index (κ3) is 3.70. The van der Waals surface area contributed by atoms with E-state index in [1.165, 1.54) is 28.7 Å². The fraction of sp³-hybridized carbons (Fsp3) is 0.118. The Morgan fingerprint density at radius 3 is 2.92 bits per heavy atom. The fourth-order valence-electron chi connectivity index (χ4n) is 2.28. The van der Waals surface area contributed by atoms with Crippen molar-refractivity contribution in [3.05, 3.63) is 46.2 Å². The molecule has 6 nitrogen and oxygen atoms in total. The molecule has 0 bridgehead atoms. The lowest BCUT2D eigenvalue weighted by Gasteiger charge is -2.18. The molecule has 1 aromatic carbocycles. The van der Waals surface area contributed by atoms with Crippen LogP contribution in [0.2, 0.25) is 0 Å². The minimum absolute atomic E-state index is 0.238. The number of aromatic nitrogens is 2. The van der Waals surface area contributed by atoms with Gasteiger partial charge in [-0.15, -0.1) is 22.7 Å². The van der Waals surface area contributed by atoms with Gasteiger partial charge in [0.1, 0.15) is 18.2 Å². The Morgan fingerprint density at radius 2 is 2.08 bits per heavy atom. The Kier molecular flexibility index (Phi) is 4.45. The molecule has 0 spiro atoms. The normalized spacial score (nSPS) is 13.1. The first kappa shape index (κ1) is 15.8. The Labute approximate surface area is 151 Å². The van der Waals surface area contributed by atoms with Gasteiger partial charge in [-0.25, -0.2) is 9.97 Å². The van der Waals surface area contributed by atoms with Gasteiger partial charge in [-0.3, -0.25) is 10.1 Å². The molecule has 3 heterocycles. The maximum absolute atomic E-state index is 12.0. The molecule has 1 N–H and O–H groups in total. The van der Waals surface area contributed by atoms with E-state index in [2.05, 4.69) is 15.3 Å². The number of anilines is 1. The molecule has 3 aromatic rings. The molecule has 126 valence electrons. The first-order chi connectivity index (χ1) is 12.3. The summed E-state index contributed by atoms with van der Waals surface area (Å²) in [5.74, 6) is 1.22. The number of rotatable bonds is 4. The number of fused-ring (bicyclic) bond motifs is 1. The van der Waals surface area contributed by atoms with Crippen molar-refractivity contribution < 1.29 is 14.3 Å². The summed E-state index contributed by atoms with van der Waals surface area (Å²) in [6.07, 6.45) is 4.82. The molecule has 0 saturated heterocycles. The lowest BCUT2D eigenvalue weighted by Crippen LogP contribution is -2.15. The van der Waals surface area contributed by atoms with E-state index in [0.717, 1.165) is 22.0 Å². The highest BCUT2D eigenvalue weighted by Crippen LogP contribution is 2.35. The Balaban J connectivity index is 1.46. The summed E-state index contributed by atoms with van der Waals surface area (Å²) in [4.78, 5) is 20.5. The van der Waals surface area contributed by atoms with E-state index >= 15 is 0 Å². The molecule has 0 aliphatic carbocycles. The Hall–Kier alpha value is -2.71. The Morgan fingerprint density at radius 1 is 1.20 bits per heavy atom. The first-order valence-electron chi connectivity index (χ1n) is 7.52. The van der Waals surface area contributed by atoms with Crippen LogP contribution in [-0.4, -0.2) is 29.1 Å². The number of nitrogens with one attached hydrogen (secondary N) is 1. The zero-order valence-electron chi connectivity index (χ0n) is 13.0. The summed E-state index contributed by atoms with van der Waals surface area (Å²) in [6, 6.07) is 5.70. The van der Waals surface area contributed by atoms with Crippen LogP contribution in [0.15, 0.2) is 41.2 Å². The summed E-state index contributed by atoms with van der Waals surface area (Å²) < 4.78 is 11.1. The Bertz CT molecular complexity index is 919. The smallest absolute Gasteiger partial charge is 0.250 e. The van der Waals surface area contributed by atoms with Crippen molar-refractivity contribution in [1.29, 1.82) is 0 Å². The van der Waals surface area contributed by atoms with Crippen LogP contribution in [0.3, 0.4) is 0 Å². The summed E-state index contributed by atoms with van der Waals surface area (Å²) in [5.41, 5.74) is 1.69. The van der Waals surface area contributed by atoms with Gasteiger partial charge in [0, 0.05) is 28.6 Å². The van der Waals surface area contributed by atoms with Crippen molar-refractivity contribution in [2.24, 2.45) is 0 Å². The van der Waals surface area contributed by atoms with Gasteiger partial charge in [0.05, 0.1) is 5.69 Å². The molecule has 1 aliphatic rings. The fourth-order valence-corrected chi connectivity index (χ4v) is 3.53.